The van der Waals surface area contributed by atoms with Gasteiger partial charge in [0.2, 0.25) is 0 Å². The van der Waals surface area contributed by atoms with Gasteiger partial charge in [0.15, 0.2) is 0 Å². The van der Waals surface area contributed by atoms with Crippen LogP contribution in [0, 0.1) is 0 Å². The molecule has 0 bridgehead atoms. The van der Waals surface area contributed by atoms with Gasteiger partial charge in [-0.15, -0.1) is 12.4 Å². The number of para-hydroxylation sites is 1. The average molecular weight is 252 g/mol. The summed E-state index contributed by atoms with van der Waals surface area (Å²) in [6.07, 6.45) is 0. The Morgan fingerprint density at radius 3 is 1.44 bits per heavy atom. The second kappa shape index (κ2) is 9.38. The van der Waals surface area contributed by atoms with Crippen molar-refractivity contribution in [3.63, 3.8) is 0 Å². The summed E-state index contributed by atoms with van der Waals surface area (Å²) in [5, 5.41) is 33.7. The number of halogens is 1. The molecule has 0 unspecified atom stereocenters. The number of hydrogen-bond donors (Lipinski definition) is 5. The van der Waals surface area contributed by atoms with Gasteiger partial charge >= 0.3 is 0 Å². The fourth-order valence-electron chi connectivity index (χ4n) is 0.578. The molecule has 0 aliphatic heterocycles. The lowest BCUT2D eigenvalue weighted by molar-refractivity contribution is 0.0698. The Bertz CT molecular complexity index is 246. The Morgan fingerprint density at radius 2 is 1.31 bits per heavy atom. The molecule has 0 aromatic heterocycles. The number of aliphatic hydroxyl groups excluding tert-OH is 3. The van der Waals surface area contributed by atoms with Crippen molar-refractivity contribution in [2.24, 2.45) is 5.73 Å². The highest BCUT2D eigenvalue weighted by atomic mass is 35.5. The first-order valence-electron chi connectivity index (χ1n) is 4.43. The first kappa shape index (κ1) is 17.5. The zero-order valence-electron chi connectivity index (χ0n) is 8.78. The standard InChI is InChI=1S/C6H6O.C4H11NO3.ClH/c7-6-4-2-1-3-5-6;5-4(1-6,2-7)3-8;/h1-5,7H;6-8H,1-3,5H2;1H. The highest BCUT2D eigenvalue weighted by molar-refractivity contribution is 5.85. The predicted molar refractivity (Wildman–Crippen MR) is 63.5 cm³/mol. The third kappa shape index (κ3) is 7.44. The molecule has 0 saturated heterocycles. The summed E-state index contributed by atoms with van der Waals surface area (Å²) in [5.41, 5.74) is 3.94. The van der Waals surface area contributed by atoms with Crippen LogP contribution in [0.3, 0.4) is 0 Å². The quantitative estimate of drug-likeness (QED) is 0.497. The Hall–Kier alpha value is -0.850. The molecule has 0 saturated carbocycles. The summed E-state index contributed by atoms with van der Waals surface area (Å²) >= 11 is 0. The highest BCUT2D eigenvalue weighted by Crippen LogP contribution is 2.02. The maximum absolute atomic E-state index is 8.63. The van der Waals surface area contributed by atoms with Crippen molar-refractivity contribution in [2.45, 2.75) is 5.54 Å². The van der Waals surface area contributed by atoms with Crippen LogP contribution in [0.1, 0.15) is 0 Å². The lowest BCUT2D eigenvalue weighted by Gasteiger charge is -2.20. The van der Waals surface area contributed by atoms with Gasteiger partial charge in [0.05, 0.1) is 25.4 Å². The molecule has 6 heteroatoms. The molecular formula is C10H18ClNO4. The van der Waals surface area contributed by atoms with Gasteiger partial charge in [0.1, 0.15) is 5.75 Å². The van der Waals surface area contributed by atoms with Crippen molar-refractivity contribution in [2.75, 3.05) is 19.8 Å². The van der Waals surface area contributed by atoms with E-state index in [-0.39, 0.29) is 12.4 Å². The topological polar surface area (TPSA) is 107 Å². The molecular weight excluding hydrogens is 234 g/mol. The number of nitrogens with two attached hydrogens (primary N) is 1. The van der Waals surface area contributed by atoms with E-state index in [9.17, 15) is 0 Å². The molecule has 16 heavy (non-hydrogen) atoms. The maximum atomic E-state index is 8.63. The smallest absolute Gasteiger partial charge is 0.115 e. The van der Waals surface area contributed by atoms with Crippen LogP contribution in [0.5, 0.6) is 5.75 Å². The van der Waals surface area contributed by atoms with Crippen LogP contribution in [0.25, 0.3) is 0 Å². The third-order valence-corrected chi connectivity index (χ3v) is 1.70. The molecule has 5 nitrogen and oxygen atoms in total. The monoisotopic (exact) mass is 251 g/mol. The van der Waals surface area contributed by atoms with Gasteiger partial charge in [-0.2, -0.15) is 0 Å². The van der Waals surface area contributed by atoms with Gasteiger partial charge in [0, 0.05) is 0 Å². The molecule has 0 aliphatic rings. The molecule has 1 aromatic rings. The highest BCUT2D eigenvalue weighted by Gasteiger charge is 2.20. The van der Waals surface area contributed by atoms with Crippen molar-refractivity contribution in [1.29, 1.82) is 0 Å². The fourth-order valence-corrected chi connectivity index (χ4v) is 0.578. The zero-order chi connectivity index (χ0) is 11.7. The van der Waals surface area contributed by atoms with E-state index >= 15 is 0 Å². The van der Waals surface area contributed by atoms with Gasteiger partial charge < -0.3 is 26.2 Å². The Morgan fingerprint density at radius 1 is 0.938 bits per heavy atom. The van der Waals surface area contributed by atoms with Crippen LogP contribution in [0.2, 0.25) is 0 Å². The summed E-state index contributed by atoms with van der Waals surface area (Å²) in [6, 6.07) is 8.71. The zero-order valence-corrected chi connectivity index (χ0v) is 9.60. The third-order valence-electron chi connectivity index (χ3n) is 1.70. The van der Waals surface area contributed by atoms with Crippen LogP contribution < -0.4 is 5.73 Å². The average Bonchev–Trinajstić information content (AvgIpc) is 2.30. The lowest BCUT2D eigenvalue weighted by atomic mass is 10.1. The van der Waals surface area contributed by atoms with Crippen LogP contribution in [0.15, 0.2) is 30.3 Å². The second-order valence-corrected chi connectivity index (χ2v) is 3.17. The largest absolute Gasteiger partial charge is 0.508 e. The predicted octanol–water partition coefficient (Wildman–Crippen LogP) is -0.525. The van der Waals surface area contributed by atoms with Crippen molar-refractivity contribution >= 4 is 12.4 Å². The molecule has 0 fully saturated rings. The molecule has 0 amide bonds. The van der Waals surface area contributed by atoms with Gasteiger partial charge in [-0.1, -0.05) is 18.2 Å². The first-order valence-corrected chi connectivity index (χ1v) is 4.43. The Kier molecular flexibility index (Phi) is 10.3. The van der Waals surface area contributed by atoms with Crippen molar-refractivity contribution in [1.82, 2.24) is 0 Å². The normalized spacial score (nSPS) is 9.75. The molecule has 0 spiro atoms. The maximum Gasteiger partial charge on any atom is 0.115 e. The van der Waals surface area contributed by atoms with Gasteiger partial charge in [-0.25, -0.2) is 0 Å². The Labute approximate surface area is 101 Å². The van der Waals surface area contributed by atoms with Crippen LogP contribution in [-0.2, 0) is 0 Å². The SMILES string of the molecule is Cl.NC(CO)(CO)CO.Oc1ccccc1. The van der Waals surface area contributed by atoms with Gasteiger partial charge in [-0.3, -0.25) is 0 Å². The van der Waals surface area contributed by atoms with Crippen molar-refractivity contribution in [3.8, 4) is 5.75 Å². The first-order chi connectivity index (χ1) is 7.08. The minimum Gasteiger partial charge on any atom is -0.508 e. The summed E-state index contributed by atoms with van der Waals surface area (Å²) < 4.78 is 0. The molecule has 1 rings (SSSR count). The fraction of sp³-hybridized carbons (Fsp3) is 0.400. The second-order valence-electron chi connectivity index (χ2n) is 3.17. The number of aromatic hydroxyl groups is 1. The van der Waals surface area contributed by atoms with E-state index in [0.717, 1.165) is 0 Å². The summed E-state index contributed by atoms with van der Waals surface area (Å²) in [7, 11) is 0. The number of phenolic OH excluding ortho intramolecular Hbond substituents is 1. The molecule has 0 atom stereocenters. The van der Waals surface area contributed by atoms with Crippen LogP contribution in [0.4, 0.5) is 0 Å². The van der Waals surface area contributed by atoms with Crippen molar-refractivity contribution < 1.29 is 20.4 Å². The number of hydrogen-bond acceptors (Lipinski definition) is 5. The van der Waals surface area contributed by atoms with Crippen LogP contribution >= 0.6 is 12.4 Å². The number of aliphatic hydroxyl groups is 3. The van der Waals surface area contributed by atoms with E-state index in [4.69, 9.17) is 26.2 Å². The minimum atomic E-state index is -1.21. The summed E-state index contributed by atoms with van der Waals surface area (Å²) in [5.74, 6) is 0.322. The van der Waals surface area contributed by atoms with Gasteiger partial charge in [-0.05, 0) is 12.1 Å². The summed E-state index contributed by atoms with van der Waals surface area (Å²) in [6.45, 7) is -1.21. The lowest BCUT2D eigenvalue weighted by Crippen LogP contribution is -2.50. The minimum absolute atomic E-state index is 0. The molecule has 0 aliphatic carbocycles. The van der Waals surface area contributed by atoms with E-state index in [0.29, 0.717) is 5.75 Å². The molecule has 6 N–H and O–H groups in total. The van der Waals surface area contributed by atoms with E-state index < -0.39 is 25.4 Å². The number of benzene rings is 1. The molecule has 0 heterocycles. The number of phenols is 1. The summed E-state index contributed by atoms with van der Waals surface area (Å²) in [4.78, 5) is 0. The number of rotatable bonds is 3. The van der Waals surface area contributed by atoms with Crippen LogP contribution in [-0.4, -0.2) is 45.8 Å². The van der Waals surface area contributed by atoms with E-state index in [1.165, 1.54) is 0 Å². The van der Waals surface area contributed by atoms with E-state index in [1.54, 1.807) is 24.3 Å². The molecule has 0 radical (unpaired) electrons. The Balaban J connectivity index is 0. The van der Waals surface area contributed by atoms with E-state index in [1.807, 2.05) is 6.07 Å². The molecule has 1 aromatic carbocycles. The van der Waals surface area contributed by atoms with E-state index in [2.05, 4.69) is 0 Å². The molecule has 94 valence electrons. The van der Waals surface area contributed by atoms with Crippen molar-refractivity contribution in [3.05, 3.63) is 30.3 Å². The van der Waals surface area contributed by atoms with Gasteiger partial charge in [0.25, 0.3) is 0 Å².